The molecule has 0 fully saturated rings. The highest BCUT2D eigenvalue weighted by atomic mass is 16.4. The van der Waals surface area contributed by atoms with Gasteiger partial charge in [-0.2, -0.15) is 0 Å². The number of aliphatic hydroxyl groups excluding tert-OH is 1. The number of nitrogens with zero attached hydrogens (tertiary/aromatic N) is 1. The van der Waals surface area contributed by atoms with Crippen molar-refractivity contribution in [2.24, 2.45) is 0 Å². The third kappa shape index (κ3) is 6.24. The molecule has 8 heteroatoms. The van der Waals surface area contributed by atoms with Crippen molar-refractivity contribution in [2.45, 2.75) is 31.9 Å². The number of hydrogen-bond donors (Lipinski definition) is 4. The minimum absolute atomic E-state index is 0.137. The molecule has 2 aromatic carbocycles. The van der Waals surface area contributed by atoms with Gasteiger partial charge in [0.25, 0.3) is 11.8 Å². The van der Waals surface area contributed by atoms with Crippen LogP contribution < -0.4 is 10.6 Å². The van der Waals surface area contributed by atoms with Crippen LogP contribution in [0.2, 0.25) is 0 Å². The van der Waals surface area contributed by atoms with E-state index in [2.05, 4.69) is 15.6 Å². The van der Waals surface area contributed by atoms with Crippen molar-refractivity contribution in [3.8, 4) is 0 Å². The number of pyridine rings is 1. The topological polar surface area (TPSA) is 129 Å². The van der Waals surface area contributed by atoms with Crippen LogP contribution in [0, 0.1) is 0 Å². The molecule has 0 bridgehead atoms. The van der Waals surface area contributed by atoms with Crippen LogP contribution in [0.15, 0.2) is 73.1 Å². The van der Waals surface area contributed by atoms with Gasteiger partial charge in [0.15, 0.2) is 6.10 Å². The lowest BCUT2D eigenvalue weighted by molar-refractivity contribution is -0.148. The van der Waals surface area contributed by atoms with Crippen molar-refractivity contribution < 1.29 is 24.6 Å². The summed E-state index contributed by atoms with van der Waals surface area (Å²) in [6, 6.07) is 16.1. The molecule has 3 aromatic rings. The first-order valence-electron chi connectivity index (χ1n) is 10.5. The smallest absolute Gasteiger partial charge is 0.334 e. The van der Waals surface area contributed by atoms with Crippen LogP contribution in [-0.2, 0) is 17.6 Å². The van der Waals surface area contributed by atoms with E-state index in [4.69, 9.17) is 0 Å². The number of aryl methyl sites for hydroxylation is 1. The summed E-state index contributed by atoms with van der Waals surface area (Å²) in [7, 11) is 0. The van der Waals surface area contributed by atoms with E-state index >= 15 is 0 Å². The lowest BCUT2D eigenvalue weighted by Gasteiger charge is -2.22. The molecule has 0 aliphatic heterocycles. The molecule has 0 aliphatic carbocycles. The van der Waals surface area contributed by atoms with E-state index in [9.17, 15) is 24.6 Å². The van der Waals surface area contributed by atoms with Crippen molar-refractivity contribution in [3.05, 3.63) is 95.3 Å². The number of rotatable bonds is 9. The summed E-state index contributed by atoms with van der Waals surface area (Å²) in [4.78, 5) is 40.8. The van der Waals surface area contributed by atoms with Crippen molar-refractivity contribution in [2.75, 3.05) is 5.32 Å². The molecule has 2 atom stereocenters. The molecule has 4 N–H and O–H groups in total. The maximum atomic E-state index is 12.9. The summed E-state index contributed by atoms with van der Waals surface area (Å²) in [6.07, 6.45) is 1.99. The molecule has 170 valence electrons. The zero-order chi connectivity index (χ0) is 23.8. The third-order valence-corrected chi connectivity index (χ3v) is 5.17. The molecule has 1 aromatic heterocycles. The number of anilines is 1. The van der Waals surface area contributed by atoms with Crippen LogP contribution in [0.25, 0.3) is 0 Å². The number of carbonyl (C=O) groups is 3. The number of aromatic nitrogens is 1. The number of aliphatic hydroxyl groups is 1. The summed E-state index contributed by atoms with van der Waals surface area (Å²) in [5, 5.41) is 24.9. The van der Waals surface area contributed by atoms with Gasteiger partial charge in [0.05, 0.1) is 11.6 Å². The van der Waals surface area contributed by atoms with Crippen molar-refractivity contribution in [3.63, 3.8) is 0 Å². The third-order valence-electron chi connectivity index (χ3n) is 5.17. The maximum absolute atomic E-state index is 12.9. The van der Waals surface area contributed by atoms with Crippen molar-refractivity contribution >= 4 is 23.5 Å². The predicted octanol–water partition coefficient (Wildman–Crippen LogP) is 2.68. The lowest BCUT2D eigenvalue weighted by Crippen LogP contribution is -2.48. The SMILES string of the molecule is CCc1ccc(C(=O)N[C@H](Cc2ccccc2)[C@@H](O)C(=O)O)cc1NC(=O)c1cccnc1. The van der Waals surface area contributed by atoms with E-state index in [0.29, 0.717) is 17.7 Å². The van der Waals surface area contributed by atoms with E-state index in [0.717, 1.165) is 11.1 Å². The van der Waals surface area contributed by atoms with Gasteiger partial charge in [-0.05, 0) is 48.2 Å². The molecule has 3 rings (SSSR count). The van der Waals surface area contributed by atoms with Gasteiger partial charge < -0.3 is 20.8 Å². The molecule has 0 saturated heterocycles. The average molecular weight is 447 g/mol. The predicted molar refractivity (Wildman–Crippen MR) is 123 cm³/mol. The Morgan fingerprint density at radius 1 is 0.970 bits per heavy atom. The second-order valence-electron chi connectivity index (χ2n) is 7.47. The minimum atomic E-state index is -1.78. The molecule has 0 aliphatic rings. The Balaban J connectivity index is 1.81. The molecule has 0 unspecified atom stereocenters. The quantitative estimate of drug-likeness (QED) is 0.399. The van der Waals surface area contributed by atoms with Crippen LogP contribution in [0.1, 0.15) is 38.8 Å². The number of carboxylic acids is 1. The maximum Gasteiger partial charge on any atom is 0.334 e. The molecule has 1 heterocycles. The minimum Gasteiger partial charge on any atom is -0.479 e. The molecule has 8 nitrogen and oxygen atoms in total. The van der Waals surface area contributed by atoms with Crippen LogP contribution in [-0.4, -0.2) is 45.1 Å². The zero-order valence-electron chi connectivity index (χ0n) is 18.1. The number of carbonyl (C=O) groups excluding carboxylic acids is 2. The molecule has 0 radical (unpaired) electrons. The van der Waals surface area contributed by atoms with Crippen LogP contribution in [0.5, 0.6) is 0 Å². The van der Waals surface area contributed by atoms with Crippen molar-refractivity contribution in [1.29, 1.82) is 0 Å². The number of benzene rings is 2. The first-order valence-corrected chi connectivity index (χ1v) is 10.5. The second kappa shape index (κ2) is 11.0. The molecule has 0 saturated carbocycles. The number of carboxylic acid groups (broad SMARTS) is 1. The summed E-state index contributed by atoms with van der Waals surface area (Å²) >= 11 is 0. The van der Waals surface area contributed by atoms with E-state index in [-0.39, 0.29) is 17.9 Å². The average Bonchev–Trinajstić information content (AvgIpc) is 2.84. The number of hydrogen-bond acceptors (Lipinski definition) is 5. The van der Waals surface area contributed by atoms with Crippen LogP contribution in [0.4, 0.5) is 5.69 Å². The van der Waals surface area contributed by atoms with E-state index < -0.39 is 24.0 Å². The summed E-state index contributed by atoms with van der Waals surface area (Å²) < 4.78 is 0. The number of nitrogens with one attached hydrogen (secondary N) is 2. The highest BCUT2D eigenvalue weighted by molar-refractivity contribution is 6.05. The second-order valence-corrected chi connectivity index (χ2v) is 7.47. The lowest BCUT2D eigenvalue weighted by atomic mass is 10.00. The monoisotopic (exact) mass is 447 g/mol. The van der Waals surface area contributed by atoms with Crippen molar-refractivity contribution in [1.82, 2.24) is 10.3 Å². The van der Waals surface area contributed by atoms with Gasteiger partial charge in [0.2, 0.25) is 0 Å². The largest absolute Gasteiger partial charge is 0.479 e. The normalized spacial score (nSPS) is 12.4. The van der Waals surface area contributed by atoms with Gasteiger partial charge in [-0.3, -0.25) is 14.6 Å². The van der Waals surface area contributed by atoms with E-state index in [1.165, 1.54) is 12.3 Å². The van der Waals surface area contributed by atoms with Crippen LogP contribution >= 0.6 is 0 Å². The van der Waals surface area contributed by atoms with Gasteiger partial charge in [0, 0.05) is 23.6 Å². The Morgan fingerprint density at radius 2 is 1.73 bits per heavy atom. The van der Waals surface area contributed by atoms with Gasteiger partial charge >= 0.3 is 5.97 Å². The van der Waals surface area contributed by atoms with Gasteiger partial charge in [-0.25, -0.2) is 4.79 Å². The fraction of sp³-hybridized carbons (Fsp3) is 0.200. The molecular formula is C25H25N3O5. The van der Waals surface area contributed by atoms with E-state index in [1.54, 1.807) is 54.7 Å². The zero-order valence-corrected chi connectivity index (χ0v) is 18.1. The molecule has 33 heavy (non-hydrogen) atoms. The standard InChI is InChI=1S/C25H25N3O5/c1-2-17-10-11-18(14-20(17)27-24(31)19-9-6-12-26-15-19)23(30)28-21(22(29)25(32)33)13-16-7-4-3-5-8-16/h3-12,14-15,21-22,29H,2,13H2,1H3,(H,27,31)(H,28,30)(H,32,33)/t21-,22-/m1/s1. The first-order chi connectivity index (χ1) is 15.9. The Bertz CT molecular complexity index is 1120. The van der Waals surface area contributed by atoms with Gasteiger partial charge in [-0.1, -0.05) is 43.3 Å². The Morgan fingerprint density at radius 3 is 2.36 bits per heavy atom. The molecular weight excluding hydrogens is 422 g/mol. The highest BCUT2D eigenvalue weighted by Crippen LogP contribution is 2.20. The first kappa shape index (κ1) is 23.6. The van der Waals surface area contributed by atoms with E-state index in [1.807, 2.05) is 13.0 Å². The summed E-state index contributed by atoms with van der Waals surface area (Å²) in [5.74, 6) is -2.35. The Hall–Kier alpha value is -4.04. The summed E-state index contributed by atoms with van der Waals surface area (Å²) in [5.41, 5.74) is 2.67. The van der Waals surface area contributed by atoms with Crippen LogP contribution in [0.3, 0.4) is 0 Å². The van der Waals surface area contributed by atoms with Gasteiger partial charge in [0.1, 0.15) is 0 Å². The molecule has 2 amide bonds. The Kier molecular flexibility index (Phi) is 7.88. The Labute approximate surface area is 191 Å². The fourth-order valence-corrected chi connectivity index (χ4v) is 3.37. The molecule has 0 spiro atoms. The number of amides is 2. The fourth-order valence-electron chi connectivity index (χ4n) is 3.37. The van der Waals surface area contributed by atoms with Gasteiger partial charge in [-0.15, -0.1) is 0 Å². The highest BCUT2D eigenvalue weighted by Gasteiger charge is 2.28. The number of aliphatic carboxylic acids is 1. The summed E-state index contributed by atoms with van der Waals surface area (Å²) in [6.45, 7) is 1.92.